The third-order valence-electron chi connectivity index (χ3n) is 1.27. The zero-order valence-electron chi connectivity index (χ0n) is 4.96. The molecule has 50 valence electrons. The molecule has 4 N–H and O–H groups in total. The van der Waals surface area contributed by atoms with Crippen LogP contribution >= 0.6 is 0 Å². The molecule has 0 aliphatic heterocycles. The lowest BCUT2D eigenvalue weighted by molar-refractivity contribution is 0.337. The lowest BCUT2D eigenvalue weighted by atomic mass is 10.1. The molecule has 3 nitrogen and oxygen atoms in total. The Labute approximate surface area is 53.1 Å². The third kappa shape index (κ3) is 1.16. The molecule has 0 bridgehead atoms. The highest BCUT2D eigenvalue weighted by Crippen LogP contribution is 2.16. The topological polar surface area (TPSA) is 66.5 Å². The fraction of sp³-hybridized carbons (Fsp3) is 0.333. The minimum atomic E-state index is 0.174. The second-order valence-electron chi connectivity index (χ2n) is 2.04. The summed E-state index contributed by atoms with van der Waals surface area (Å²) in [6, 6.07) is 0. The summed E-state index contributed by atoms with van der Waals surface area (Å²) < 4.78 is 0. The van der Waals surface area contributed by atoms with Gasteiger partial charge < -0.3 is 15.9 Å². The number of rotatable bonds is 0. The minimum absolute atomic E-state index is 0.174. The molecular weight excluding hydrogens is 118 g/mol. The maximum absolute atomic E-state index is 8.89. The average molecular weight is 127 g/mol. The summed E-state index contributed by atoms with van der Waals surface area (Å²) in [6.45, 7) is 0. The molecule has 0 atom stereocenters. The molecule has 1 rings (SSSR count). The van der Waals surface area contributed by atoms with Gasteiger partial charge in [-0.25, -0.2) is 0 Å². The van der Waals surface area contributed by atoms with Crippen molar-refractivity contribution in [2.45, 2.75) is 12.8 Å². The lowest BCUT2D eigenvalue weighted by Crippen LogP contribution is -2.05. The molecule has 1 aliphatic rings. The SMILES string of the molecule is NC1=C(O)CCC(O)=C1. The van der Waals surface area contributed by atoms with Crippen molar-refractivity contribution in [3.8, 4) is 0 Å². The molecule has 0 saturated heterocycles. The van der Waals surface area contributed by atoms with E-state index in [1.54, 1.807) is 0 Å². The van der Waals surface area contributed by atoms with Crippen LogP contribution in [0.5, 0.6) is 0 Å². The van der Waals surface area contributed by atoms with Crippen LogP contribution in [0.3, 0.4) is 0 Å². The van der Waals surface area contributed by atoms with Crippen molar-refractivity contribution in [2.24, 2.45) is 5.73 Å². The largest absolute Gasteiger partial charge is 0.512 e. The van der Waals surface area contributed by atoms with Crippen LogP contribution in [-0.4, -0.2) is 10.2 Å². The van der Waals surface area contributed by atoms with E-state index in [1.165, 1.54) is 6.08 Å². The first-order valence-corrected chi connectivity index (χ1v) is 2.77. The summed E-state index contributed by atoms with van der Waals surface area (Å²) in [7, 11) is 0. The van der Waals surface area contributed by atoms with E-state index in [0.717, 1.165) is 0 Å². The van der Waals surface area contributed by atoms with E-state index < -0.39 is 0 Å². The Bertz CT molecular complexity index is 181. The highest BCUT2D eigenvalue weighted by molar-refractivity contribution is 5.24. The summed E-state index contributed by atoms with van der Waals surface area (Å²) in [5.41, 5.74) is 5.54. The molecular formula is C6H9NO2. The molecule has 0 aromatic carbocycles. The Balaban J connectivity index is 2.83. The quantitative estimate of drug-likeness (QED) is 0.454. The van der Waals surface area contributed by atoms with E-state index in [-0.39, 0.29) is 17.2 Å². The normalized spacial score (nSPS) is 19.8. The third-order valence-corrected chi connectivity index (χ3v) is 1.27. The first-order valence-electron chi connectivity index (χ1n) is 2.77. The van der Waals surface area contributed by atoms with Crippen molar-refractivity contribution in [3.05, 3.63) is 23.3 Å². The van der Waals surface area contributed by atoms with Gasteiger partial charge in [-0.3, -0.25) is 0 Å². The standard InChI is InChI=1S/C6H9NO2/c7-5-3-4(8)1-2-6(5)9/h3,8-9H,1-2,7H2. The zero-order valence-corrected chi connectivity index (χ0v) is 4.96. The van der Waals surface area contributed by atoms with Crippen molar-refractivity contribution in [1.82, 2.24) is 0 Å². The van der Waals surface area contributed by atoms with E-state index >= 15 is 0 Å². The molecule has 0 saturated carbocycles. The first-order chi connectivity index (χ1) is 4.20. The van der Waals surface area contributed by atoms with Gasteiger partial charge >= 0.3 is 0 Å². The molecule has 3 heteroatoms. The van der Waals surface area contributed by atoms with E-state index in [0.29, 0.717) is 12.8 Å². The van der Waals surface area contributed by atoms with E-state index in [4.69, 9.17) is 15.9 Å². The molecule has 0 unspecified atom stereocenters. The maximum Gasteiger partial charge on any atom is 0.116 e. The van der Waals surface area contributed by atoms with Crippen molar-refractivity contribution < 1.29 is 10.2 Å². The number of aliphatic hydroxyl groups excluding tert-OH is 2. The number of hydrogen-bond acceptors (Lipinski definition) is 3. The number of nitrogens with two attached hydrogens (primary N) is 1. The van der Waals surface area contributed by atoms with Gasteiger partial charge in [-0.1, -0.05) is 0 Å². The lowest BCUT2D eigenvalue weighted by Gasteiger charge is -2.08. The van der Waals surface area contributed by atoms with E-state index in [2.05, 4.69) is 0 Å². The van der Waals surface area contributed by atoms with Crippen LogP contribution in [0.2, 0.25) is 0 Å². The predicted molar refractivity (Wildman–Crippen MR) is 33.8 cm³/mol. The van der Waals surface area contributed by atoms with Crippen molar-refractivity contribution in [2.75, 3.05) is 0 Å². The first kappa shape index (κ1) is 6.01. The second kappa shape index (κ2) is 2.01. The van der Waals surface area contributed by atoms with Crippen molar-refractivity contribution in [3.63, 3.8) is 0 Å². The molecule has 1 aliphatic carbocycles. The van der Waals surface area contributed by atoms with Crippen molar-refractivity contribution in [1.29, 1.82) is 0 Å². The Kier molecular flexibility index (Phi) is 1.34. The van der Waals surface area contributed by atoms with Crippen molar-refractivity contribution >= 4 is 0 Å². The van der Waals surface area contributed by atoms with Crippen LogP contribution in [0, 0.1) is 0 Å². The fourth-order valence-electron chi connectivity index (χ4n) is 0.726. The highest BCUT2D eigenvalue weighted by Gasteiger charge is 2.07. The number of allylic oxidation sites excluding steroid dienone is 3. The smallest absolute Gasteiger partial charge is 0.116 e. The van der Waals surface area contributed by atoms with Crippen LogP contribution in [0.25, 0.3) is 0 Å². The van der Waals surface area contributed by atoms with Crippen LogP contribution < -0.4 is 5.73 Å². The Morgan fingerprint density at radius 2 is 2.00 bits per heavy atom. The average Bonchev–Trinajstić information content (AvgIpc) is 1.80. The van der Waals surface area contributed by atoms with E-state index in [1.807, 2.05) is 0 Å². The van der Waals surface area contributed by atoms with Gasteiger partial charge in [0.1, 0.15) is 5.76 Å². The van der Waals surface area contributed by atoms with Crippen LogP contribution in [0.1, 0.15) is 12.8 Å². The Morgan fingerprint density at radius 3 is 2.44 bits per heavy atom. The highest BCUT2D eigenvalue weighted by atomic mass is 16.3. The molecule has 0 amide bonds. The zero-order chi connectivity index (χ0) is 6.85. The van der Waals surface area contributed by atoms with Gasteiger partial charge in [0.2, 0.25) is 0 Å². The molecule has 0 radical (unpaired) electrons. The molecule has 0 fully saturated rings. The van der Waals surface area contributed by atoms with Gasteiger partial charge in [-0.2, -0.15) is 0 Å². The second-order valence-corrected chi connectivity index (χ2v) is 2.04. The summed E-state index contributed by atoms with van der Waals surface area (Å²) in [6.07, 6.45) is 2.32. The van der Waals surface area contributed by atoms with Gasteiger partial charge in [0.25, 0.3) is 0 Å². The summed E-state index contributed by atoms with van der Waals surface area (Å²) in [4.78, 5) is 0. The van der Waals surface area contributed by atoms with Crippen LogP contribution in [0.15, 0.2) is 23.3 Å². The van der Waals surface area contributed by atoms with Gasteiger partial charge in [0.15, 0.2) is 0 Å². The molecule has 0 spiro atoms. The van der Waals surface area contributed by atoms with Crippen LogP contribution in [-0.2, 0) is 0 Å². The van der Waals surface area contributed by atoms with Gasteiger partial charge in [-0.15, -0.1) is 0 Å². The van der Waals surface area contributed by atoms with Gasteiger partial charge in [0, 0.05) is 18.9 Å². The fourth-order valence-corrected chi connectivity index (χ4v) is 0.726. The van der Waals surface area contributed by atoms with E-state index in [9.17, 15) is 0 Å². The molecule has 9 heavy (non-hydrogen) atoms. The molecule has 0 aromatic rings. The Hall–Kier alpha value is -1.12. The number of hydrogen-bond donors (Lipinski definition) is 3. The monoisotopic (exact) mass is 127 g/mol. The maximum atomic E-state index is 8.89. The summed E-state index contributed by atoms with van der Waals surface area (Å²) in [5, 5.41) is 17.7. The number of aliphatic hydroxyl groups is 2. The Morgan fingerprint density at radius 1 is 1.33 bits per heavy atom. The summed E-state index contributed by atoms with van der Waals surface area (Å²) in [5.74, 6) is 0.415. The molecule has 0 heterocycles. The summed E-state index contributed by atoms with van der Waals surface area (Å²) >= 11 is 0. The van der Waals surface area contributed by atoms with Gasteiger partial charge in [0.05, 0.1) is 11.5 Å². The minimum Gasteiger partial charge on any atom is -0.512 e. The molecule has 0 aromatic heterocycles. The van der Waals surface area contributed by atoms with Crippen LogP contribution in [0.4, 0.5) is 0 Å². The predicted octanol–water partition coefficient (Wildman–Crippen LogP) is 0.950. The van der Waals surface area contributed by atoms with Gasteiger partial charge in [-0.05, 0) is 0 Å².